The molecule has 4 heteroatoms. The predicted octanol–water partition coefficient (Wildman–Crippen LogP) is 4.70. The predicted molar refractivity (Wildman–Crippen MR) is 94.1 cm³/mol. The lowest BCUT2D eigenvalue weighted by molar-refractivity contribution is -0.127. The van der Waals surface area contributed by atoms with Crippen molar-refractivity contribution >= 4 is 14.2 Å². The van der Waals surface area contributed by atoms with E-state index >= 15 is 0 Å². The normalized spacial score (nSPS) is 26.2. The molecule has 0 bridgehead atoms. The van der Waals surface area contributed by atoms with Gasteiger partial charge in [0.2, 0.25) is 5.91 Å². The van der Waals surface area contributed by atoms with E-state index in [4.69, 9.17) is 4.43 Å². The van der Waals surface area contributed by atoms with Crippen LogP contribution in [0.1, 0.15) is 59.8 Å². The highest BCUT2D eigenvalue weighted by molar-refractivity contribution is 6.74. The highest BCUT2D eigenvalue weighted by atomic mass is 28.4. The second kappa shape index (κ2) is 6.12. The van der Waals surface area contributed by atoms with Crippen LogP contribution in [0.2, 0.25) is 18.1 Å². The van der Waals surface area contributed by atoms with E-state index < -0.39 is 8.32 Å². The van der Waals surface area contributed by atoms with Crippen molar-refractivity contribution in [3.05, 3.63) is 11.8 Å². The molecule has 1 heterocycles. The SMILES string of the molecule is CC12CCCC=C1N(CCCO[Si](C)(C)C(C)(C)C)C(=O)C2. The van der Waals surface area contributed by atoms with Crippen molar-refractivity contribution in [1.29, 1.82) is 0 Å². The summed E-state index contributed by atoms with van der Waals surface area (Å²) in [5, 5.41) is 0.251. The summed E-state index contributed by atoms with van der Waals surface area (Å²) in [5.74, 6) is 0.308. The highest BCUT2D eigenvalue weighted by Crippen LogP contribution is 2.47. The third kappa shape index (κ3) is 3.48. The zero-order chi connectivity index (χ0) is 16.6. The highest BCUT2D eigenvalue weighted by Gasteiger charge is 2.44. The fourth-order valence-corrected chi connectivity index (χ4v) is 4.38. The molecule has 1 unspecified atom stereocenters. The molecule has 2 aliphatic rings. The van der Waals surface area contributed by atoms with Gasteiger partial charge in [-0.15, -0.1) is 0 Å². The number of amides is 1. The summed E-state index contributed by atoms with van der Waals surface area (Å²) >= 11 is 0. The Labute approximate surface area is 137 Å². The van der Waals surface area contributed by atoms with Gasteiger partial charge in [-0.1, -0.05) is 33.8 Å². The maximum atomic E-state index is 12.3. The zero-order valence-electron chi connectivity index (χ0n) is 15.3. The summed E-state index contributed by atoms with van der Waals surface area (Å²) in [4.78, 5) is 14.4. The molecule has 0 spiro atoms. The van der Waals surface area contributed by atoms with Crippen LogP contribution in [-0.2, 0) is 9.22 Å². The van der Waals surface area contributed by atoms with Crippen LogP contribution >= 0.6 is 0 Å². The van der Waals surface area contributed by atoms with Gasteiger partial charge in [-0.2, -0.15) is 0 Å². The van der Waals surface area contributed by atoms with Crippen molar-refractivity contribution in [2.24, 2.45) is 5.41 Å². The lowest BCUT2D eigenvalue weighted by Crippen LogP contribution is -2.41. The van der Waals surface area contributed by atoms with Crippen molar-refractivity contribution in [2.45, 2.75) is 77.9 Å². The van der Waals surface area contributed by atoms with Crippen LogP contribution in [0.3, 0.4) is 0 Å². The molecule has 0 aromatic heterocycles. The summed E-state index contributed by atoms with van der Waals surface area (Å²) in [6.45, 7) is 15.2. The maximum absolute atomic E-state index is 12.3. The van der Waals surface area contributed by atoms with E-state index in [2.05, 4.69) is 46.9 Å². The lowest BCUT2D eigenvalue weighted by Gasteiger charge is -2.36. The van der Waals surface area contributed by atoms with E-state index in [9.17, 15) is 4.79 Å². The molecule has 1 aliphatic carbocycles. The van der Waals surface area contributed by atoms with E-state index in [1.807, 2.05) is 4.90 Å². The molecular weight excluding hydrogens is 290 g/mol. The average molecular weight is 324 g/mol. The number of likely N-dealkylation sites (tertiary alicyclic amines) is 1. The lowest BCUT2D eigenvalue weighted by atomic mass is 9.77. The Kier molecular flexibility index (Phi) is 4.93. The Morgan fingerprint density at radius 2 is 2.05 bits per heavy atom. The number of fused-ring (bicyclic) bond motifs is 1. The summed E-state index contributed by atoms with van der Waals surface area (Å²) < 4.78 is 6.23. The van der Waals surface area contributed by atoms with Crippen LogP contribution in [-0.4, -0.2) is 32.3 Å². The second-order valence-corrected chi connectivity index (χ2v) is 13.5. The van der Waals surface area contributed by atoms with Gasteiger partial charge in [0.25, 0.3) is 0 Å². The summed E-state index contributed by atoms with van der Waals surface area (Å²) in [6.07, 6.45) is 7.42. The minimum Gasteiger partial charge on any atom is -0.417 e. The van der Waals surface area contributed by atoms with Gasteiger partial charge in [0.15, 0.2) is 8.32 Å². The van der Waals surface area contributed by atoms with Crippen LogP contribution in [0.25, 0.3) is 0 Å². The Morgan fingerprint density at radius 3 is 2.68 bits per heavy atom. The van der Waals surface area contributed by atoms with Gasteiger partial charge in [0.05, 0.1) is 0 Å². The van der Waals surface area contributed by atoms with Crippen molar-refractivity contribution in [3.8, 4) is 0 Å². The minimum atomic E-state index is -1.67. The smallest absolute Gasteiger partial charge is 0.227 e. The Bertz CT molecular complexity index is 464. The molecule has 0 saturated carbocycles. The third-order valence-corrected chi connectivity index (χ3v) is 10.4. The molecule has 0 N–H and O–H groups in total. The Morgan fingerprint density at radius 1 is 1.36 bits per heavy atom. The van der Waals surface area contributed by atoms with Gasteiger partial charge < -0.3 is 9.33 Å². The summed E-state index contributed by atoms with van der Waals surface area (Å²) in [6, 6.07) is 0. The molecule has 2 rings (SSSR count). The van der Waals surface area contributed by atoms with Gasteiger partial charge >= 0.3 is 0 Å². The molecule has 1 amide bonds. The molecule has 1 aliphatic heterocycles. The molecule has 3 nitrogen and oxygen atoms in total. The van der Waals surface area contributed by atoms with Gasteiger partial charge in [-0.05, 0) is 43.8 Å². The van der Waals surface area contributed by atoms with Crippen LogP contribution < -0.4 is 0 Å². The number of allylic oxidation sites excluding steroid dienone is 2. The molecule has 126 valence electrons. The maximum Gasteiger partial charge on any atom is 0.227 e. The quantitative estimate of drug-likeness (QED) is 0.542. The first-order valence-electron chi connectivity index (χ1n) is 8.72. The molecule has 0 aromatic carbocycles. The average Bonchev–Trinajstić information content (AvgIpc) is 2.63. The summed E-state index contributed by atoms with van der Waals surface area (Å²) in [5.41, 5.74) is 1.39. The number of nitrogens with zero attached hydrogens (tertiary/aromatic N) is 1. The van der Waals surface area contributed by atoms with Crippen LogP contribution in [0.5, 0.6) is 0 Å². The Hall–Kier alpha value is -0.613. The van der Waals surface area contributed by atoms with Crippen molar-refractivity contribution in [2.75, 3.05) is 13.2 Å². The van der Waals surface area contributed by atoms with E-state index in [-0.39, 0.29) is 10.5 Å². The minimum absolute atomic E-state index is 0.107. The van der Waals surface area contributed by atoms with Crippen LogP contribution in [0, 0.1) is 5.41 Å². The van der Waals surface area contributed by atoms with E-state index in [0.29, 0.717) is 12.3 Å². The monoisotopic (exact) mass is 323 g/mol. The zero-order valence-corrected chi connectivity index (χ0v) is 16.3. The van der Waals surface area contributed by atoms with Crippen molar-refractivity contribution in [3.63, 3.8) is 0 Å². The third-order valence-electron chi connectivity index (χ3n) is 5.82. The number of hydrogen-bond acceptors (Lipinski definition) is 2. The van der Waals surface area contributed by atoms with Crippen molar-refractivity contribution in [1.82, 2.24) is 4.90 Å². The van der Waals surface area contributed by atoms with E-state index in [1.165, 1.54) is 12.1 Å². The topological polar surface area (TPSA) is 29.5 Å². The first-order valence-corrected chi connectivity index (χ1v) is 11.6. The number of rotatable bonds is 5. The first kappa shape index (κ1) is 17.7. The van der Waals surface area contributed by atoms with E-state index in [0.717, 1.165) is 32.4 Å². The fraction of sp³-hybridized carbons (Fsp3) is 0.833. The van der Waals surface area contributed by atoms with Crippen molar-refractivity contribution < 1.29 is 9.22 Å². The molecule has 1 atom stereocenters. The molecule has 1 saturated heterocycles. The molecular formula is C18H33NO2Si. The second-order valence-electron chi connectivity index (χ2n) is 8.73. The Balaban J connectivity index is 1.87. The standard InChI is InChI=1S/C18H33NO2Si/c1-17(2,3)22(5,6)21-13-9-12-19-15-10-7-8-11-18(15,4)14-16(19)20/h10H,7-9,11-14H2,1-6H3. The summed E-state index contributed by atoms with van der Waals surface area (Å²) in [7, 11) is -1.67. The number of hydrogen-bond donors (Lipinski definition) is 0. The largest absolute Gasteiger partial charge is 0.417 e. The molecule has 0 aromatic rings. The first-order chi connectivity index (χ1) is 10.1. The number of carbonyl (C=O) groups excluding carboxylic acids is 1. The van der Waals surface area contributed by atoms with E-state index in [1.54, 1.807) is 0 Å². The van der Waals surface area contributed by atoms with Gasteiger partial charge in [-0.25, -0.2) is 0 Å². The van der Waals surface area contributed by atoms with Gasteiger partial charge in [0.1, 0.15) is 0 Å². The van der Waals surface area contributed by atoms with Gasteiger partial charge in [-0.3, -0.25) is 4.79 Å². The number of carbonyl (C=O) groups is 1. The molecule has 22 heavy (non-hydrogen) atoms. The van der Waals surface area contributed by atoms with Gasteiger partial charge in [0, 0.05) is 30.7 Å². The fourth-order valence-electron chi connectivity index (χ4n) is 3.30. The van der Waals surface area contributed by atoms with Crippen LogP contribution in [0.15, 0.2) is 11.8 Å². The molecule has 1 fully saturated rings. The van der Waals surface area contributed by atoms with Crippen LogP contribution in [0.4, 0.5) is 0 Å². The molecule has 0 radical (unpaired) electrons.